The number of carbonyl (C=O) groups excluding carboxylic acids is 1. The van der Waals surface area contributed by atoms with Gasteiger partial charge in [0.15, 0.2) is 0 Å². The van der Waals surface area contributed by atoms with Gasteiger partial charge in [0.2, 0.25) is 0 Å². The van der Waals surface area contributed by atoms with E-state index >= 15 is 0 Å². The predicted octanol–water partition coefficient (Wildman–Crippen LogP) is 3.55. The molecule has 4 nitrogen and oxygen atoms in total. The maximum atomic E-state index is 12.1. The van der Waals surface area contributed by atoms with Gasteiger partial charge in [-0.2, -0.15) is 0 Å². The molecular formula is C15H12INO3. The lowest BCUT2D eigenvalue weighted by Gasteiger charge is -2.10. The van der Waals surface area contributed by atoms with Crippen LogP contribution in [0.15, 0.2) is 42.5 Å². The molecule has 0 saturated carbocycles. The minimum absolute atomic E-state index is 0.186. The number of halogens is 1. The average Bonchev–Trinajstić information content (AvgIpc) is 2.41. The first-order valence-corrected chi connectivity index (χ1v) is 6.96. The molecule has 1 amide bonds. The average molecular weight is 381 g/mol. The summed E-state index contributed by atoms with van der Waals surface area (Å²) >= 11 is 2.16. The van der Waals surface area contributed by atoms with Crippen LogP contribution in [0, 0.1) is 10.5 Å². The summed E-state index contributed by atoms with van der Waals surface area (Å²) in [4.78, 5) is 23.2. The first kappa shape index (κ1) is 14.5. The standard InChI is InChI=1S/C15H12INO3/c1-9-12(15(19)20)3-2-4-13(9)17-14(18)10-5-7-11(16)8-6-10/h2-8H,1H3,(H,17,18)(H,19,20). The first-order valence-electron chi connectivity index (χ1n) is 5.89. The Labute approximate surface area is 130 Å². The zero-order valence-corrected chi connectivity index (χ0v) is 12.8. The van der Waals surface area contributed by atoms with Crippen molar-refractivity contribution in [1.29, 1.82) is 0 Å². The maximum absolute atomic E-state index is 12.1. The molecule has 0 bridgehead atoms. The number of anilines is 1. The Kier molecular flexibility index (Phi) is 4.39. The Morgan fingerprint density at radius 1 is 1.10 bits per heavy atom. The van der Waals surface area contributed by atoms with Crippen molar-refractivity contribution >= 4 is 40.2 Å². The Morgan fingerprint density at radius 3 is 2.35 bits per heavy atom. The molecule has 0 aliphatic heterocycles. The van der Waals surface area contributed by atoms with Crippen LogP contribution in [0.5, 0.6) is 0 Å². The van der Waals surface area contributed by atoms with E-state index in [9.17, 15) is 9.59 Å². The highest BCUT2D eigenvalue weighted by Gasteiger charge is 2.12. The fraction of sp³-hybridized carbons (Fsp3) is 0.0667. The highest BCUT2D eigenvalue weighted by Crippen LogP contribution is 2.20. The zero-order chi connectivity index (χ0) is 14.7. The second-order valence-electron chi connectivity index (χ2n) is 4.24. The van der Waals surface area contributed by atoms with E-state index in [1.54, 1.807) is 31.2 Å². The van der Waals surface area contributed by atoms with Crippen LogP contribution in [0.4, 0.5) is 5.69 Å². The van der Waals surface area contributed by atoms with E-state index in [0.717, 1.165) is 3.57 Å². The van der Waals surface area contributed by atoms with Gasteiger partial charge < -0.3 is 10.4 Å². The highest BCUT2D eigenvalue weighted by molar-refractivity contribution is 14.1. The van der Waals surface area contributed by atoms with Crippen molar-refractivity contribution in [3.05, 3.63) is 62.7 Å². The van der Waals surface area contributed by atoms with Gasteiger partial charge in [-0.05, 0) is 71.5 Å². The molecule has 2 aromatic rings. The Balaban J connectivity index is 2.26. The molecule has 0 heterocycles. The third-order valence-electron chi connectivity index (χ3n) is 2.92. The molecule has 0 aliphatic rings. The molecule has 20 heavy (non-hydrogen) atoms. The van der Waals surface area contributed by atoms with Gasteiger partial charge in [-0.1, -0.05) is 6.07 Å². The molecule has 2 rings (SSSR count). The van der Waals surface area contributed by atoms with Crippen molar-refractivity contribution < 1.29 is 14.7 Å². The normalized spacial score (nSPS) is 10.1. The number of carbonyl (C=O) groups is 2. The number of hydrogen-bond donors (Lipinski definition) is 2. The summed E-state index contributed by atoms with van der Waals surface area (Å²) in [5.74, 6) is -1.26. The molecular weight excluding hydrogens is 369 g/mol. The molecule has 2 N–H and O–H groups in total. The van der Waals surface area contributed by atoms with E-state index in [0.29, 0.717) is 16.8 Å². The monoisotopic (exact) mass is 381 g/mol. The Morgan fingerprint density at radius 2 is 1.75 bits per heavy atom. The van der Waals surface area contributed by atoms with Crippen LogP contribution in [0.25, 0.3) is 0 Å². The number of benzene rings is 2. The van der Waals surface area contributed by atoms with Crippen molar-refractivity contribution in [2.45, 2.75) is 6.92 Å². The van der Waals surface area contributed by atoms with E-state index < -0.39 is 5.97 Å². The molecule has 0 aromatic heterocycles. The Hall–Kier alpha value is -1.89. The van der Waals surface area contributed by atoms with Crippen LogP contribution in [0.2, 0.25) is 0 Å². The van der Waals surface area contributed by atoms with Crippen LogP contribution < -0.4 is 5.32 Å². The van der Waals surface area contributed by atoms with Crippen LogP contribution in [0.1, 0.15) is 26.3 Å². The number of amides is 1. The molecule has 0 fully saturated rings. The molecule has 0 unspecified atom stereocenters. The van der Waals surface area contributed by atoms with Gasteiger partial charge in [-0.25, -0.2) is 4.79 Å². The summed E-state index contributed by atoms with van der Waals surface area (Å²) < 4.78 is 1.04. The van der Waals surface area contributed by atoms with E-state index in [4.69, 9.17) is 5.11 Å². The number of carboxylic acid groups (broad SMARTS) is 1. The molecule has 102 valence electrons. The van der Waals surface area contributed by atoms with Crippen LogP contribution >= 0.6 is 22.6 Å². The third kappa shape index (κ3) is 3.16. The smallest absolute Gasteiger partial charge is 0.336 e. The number of aromatic carboxylic acids is 1. The van der Waals surface area contributed by atoms with Gasteiger partial charge in [0.05, 0.1) is 5.56 Å². The number of rotatable bonds is 3. The number of nitrogens with one attached hydrogen (secondary N) is 1. The van der Waals surface area contributed by atoms with Gasteiger partial charge in [0, 0.05) is 14.8 Å². The molecule has 0 saturated heterocycles. The zero-order valence-electron chi connectivity index (χ0n) is 10.7. The van der Waals surface area contributed by atoms with Crippen molar-refractivity contribution in [1.82, 2.24) is 0 Å². The lowest BCUT2D eigenvalue weighted by molar-refractivity contribution is 0.0695. The summed E-state index contributed by atoms with van der Waals surface area (Å²) in [5.41, 5.74) is 1.77. The first-order chi connectivity index (χ1) is 9.49. The highest BCUT2D eigenvalue weighted by atomic mass is 127. The van der Waals surface area contributed by atoms with E-state index in [1.807, 2.05) is 12.1 Å². The number of carboxylic acids is 1. The lowest BCUT2D eigenvalue weighted by Crippen LogP contribution is -2.14. The predicted molar refractivity (Wildman–Crippen MR) is 85.3 cm³/mol. The fourth-order valence-corrected chi connectivity index (χ4v) is 2.16. The van der Waals surface area contributed by atoms with Crippen LogP contribution in [-0.4, -0.2) is 17.0 Å². The van der Waals surface area contributed by atoms with Gasteiger partial charge in [-0.3, -0.25) is 4.79 Å². The summed E-state index contributed by atoms with van der Waals surface area (Å²) in [5, 5.41) is 11.8. The van der Waals surface area contributed by atoms with Crippen LogP contribution in [0.3, 0.4) is 0 Å². The van der Waals surface area contributed by atoms with Gasteiger partial charge in [0.25, 0.3) is 5.91 Å². The summed E-state index contributed by atoms with van der Waals surface area (Å²) in [6.45, 7) is 1.67. The van der Waals surface area contributed by atoms with Gasteiger partial charge in [0.1, 0.15) is 0 Å². The molecule has 0 radical (unpaired) electrons. The van der Waals surface area contributed by atoms with Crippen molar-refractivity contribution in [3.8, 4) is 0 Å². The molecule has 5 heteroatoms. The van der Waals surface area contributed by atoms with E-state index in [1.165, 1.54) is 6.07 Å². The second-order valence-corrected chi connectivity index (χ2v) is 5.49. The summed E-state index contributed by atoms with van der Waals surface area (Å²) in [6, 6.07) is 12.0. The second kappa shape index (κ2) is 6.04. The van der Waals surface area contributed by atoms with Crippen molar-refractivity contribution in [2.24, 2.45) is 0 Å². The van der Waals surface area contributed by atoms with Gasteiger partial charge in [-0.15, -0.1) is 0 Å². The fourth-order valence-electron chi connectivity index (χ4n) is 1.80. The maximum Gasteiger partial charge on any atom is 0.336 e. The minimum atomic E-state index is -1.01. The Bertz CT molecular complexity index is 665. The van der Waals surface area contributed by atoms with E-state index in [-0.39, 0.29) is 11.5 Å². The topological polar surface area (TPSA) is 66.4 Å². The summed E-state index contributed by atoms with van der Waals surface area (Å²) in [7, 11) is 0. The molecule has 0 spiro atoms. The van der Waals surface area contributed by atoms with Crippen LogP contribution in [-0.2, 0) is 0 Å². The summed E-state index contributed by atoms with van der Waals surface area (Å²) in [6.07, 6.45) is 0. The molecule has 2 aromatic carbocycles. The SMILES string of the molecule is Cc1c(NC(=O)c2ccc(I)cc2)cccc1C(=O)O. The van der Waals surface area contributed by atoms with Crippen molar-refractivity contribution in [2.75, 3.05) is 5.32 Å². The van der Waals surface area contributed by atoms with E-state index in [2.05, 4.69) is 27.9 Å². The molecule has 0 aliphatic carbocycles. The molecule has 0 atom stereocenters. The minimum Gasteiger partial charge on any atom is -0.478 e. The van der Waals surface area contributed by atoms with Gasteiger partial charge >= 0.3 is 5.97 Å². The lowest BCUT2D eigenvalue weighted by atomic mass is 10.1. The van der Waals surface area contributed by atoms with Crippen molar-refractivity contribution in [3.63, 3.8) is 0 Å². The quantitative estimate of drug-likeness (QED) is 0.800. The third-order valence-corrected chi connectivity index (χ3v) is 3.64. The largest absolute Gasteiger partial charge is 0.478 e. The number of hydrogen-bond acceptors (Lipinski definition) is 2.